The van der Waals surface area contributed by atoms with E-state index in [1.807, 2.05) is 30.6 Å². The first-order valence-electron chi connectivity index (χ1n) is 9.59. The summed E-state index contributed by atoms with van der Waals surface area (Å²) in [4.78, 5) is 12.0. The van der Waals surface area contributed by atoms with Gasteiger partial charge in [0.1, 0.15) is 17.3 Å². The van der Waals surface area contributed by atoms with Gasteiger partial charge in [-0.05, 0) is 37.5 Å². The first-order valence-corrected chi connectivity index (χ1v) is 9.97. The third-order valence-electron chi connectivity index (χ3n) is 4.63. The number of imidazole rings is 1. The minimum absolute atomic E-state index is 0.637. The predicted octanol–water partition coefficient (Wildman–Crippen LogP) is 5.25. The van der Waals surface area contributed by atoms with Crippen molar-refractivity contribution in [3.05, 3.63) is 41.3 Å². The SMILES string of the molecule is CCCN(CCC)c1c(CC)nc2c(-c3ccc(Cl)cc3OC)nccn12. The fourth-order valence-corrected chi connectivity index (χ4v) is 3.66. The molecule has 0 aliphatic carbocycles. The summed E-state index contributed by atoms with van der Waals surface area (Å²) in [5.74, 6) is 1.87. The Balaban J connectivity index is 2.24. The number of anilines is 1. The molecule has 0 spiro atoms. The summed E-state index contributed by atoms with van der Waals surface area (Å²) in [5, 5.41) is 0.637. The van der Waals surface area contributed by atoms with Crippen LogP contribution in [0.2, 0.25) is 5.02 Å². The molecule has 5 nitrogen and oxygen atoms in total. The van der Waals surface area contributed by atoms with E-state index in [1.165, 1.54) is 5.82 Å². The molecule has 3 aromatic rings. The average Bonchev–Trinajstić information content (AvgIpc) is 3.06. The van der Waals surface area contributed by atoms with Gasteiger partial charge in [-0.25, -0.2) is 4.98 Å². The van der Waals surface area contributed by atoms with Gasteiger partial charge in [0.15, 0.2) is 5.65 Å². The molecule has 6 heteroatoms. The lowest BCUT2D eigenvalue weighted by Gasteiger charge is -2.24. The number of nitrogens with zero attached hydrogens (tertiary/aromatic N) is 4. The molecule has 1 aromatic carbocycles. The molecular formula is C21H27ClN4O. The van der Waals surface area contributed by atoms with Gasteiger partial charge in [0.05, 0.1) is 12.8 Å². The number of rotatable bonds is 8. The van der Waals surface area contributed by atoms with Crippen molar-refractivity contribution < 1.29 is 4.74 Å². The van der Waals surface area contributed by atoms with Gasteiger partial charge in [0, 0.05) is 36.1 Å². The van der Waals surface area contributed by atoms with Crippen LogP contribution in [0.5, 0.6) is 5.75 Å². The van der Waals surface area contributed by atoms with E-state index in [9.17, 15) is 0 Å². The first kappa shape index (κ1) is 19.5. The van der Waals surface area contributed by atoms with E-state index in [1.54, 1.807) is 7.11 Å². The number of hydrogen-bond donors (Lipinski definition) is 0. The van der Waals surface area contributed by atoms with Crippen LogP contribution in [0.15, 0.2) is 30.6 Å². The van der Waals surface area contributed by atoms with Crippen molar-refractivity contribution in [2.24, 2.45) is 0 Å². The molecule has 0 saturated heterocycles. The second-order valence-electron chi connectivity index (χ2n) is 6.54. The summed E-state index contributed by atoms with van der Waals surface area (Å²) in [6, 6.07) is 5.61. The Bertz CT molecular complexity index is 916. The lowest BCUT2D eigenvalue weighted by Crippen LogP contribution is -2.27. The van der Waals surface area contributed by atoms with Crippen LogP contribution in [0.1, 0.15) is 39.3 Å². The Morgan fingerprint density at radius 2 is 1.89 bits per heavy atom. The molecule has 0 saturated carbocycles. The zero-order chi connectivity index (χ0) is 19.4. The zero-order valence-electron chi connectivity index (χ0n) is 16.5. The van der Waals surface area contributed by atoms with Gasteiger partial charge >= 0.3 is 0 Å². The van der Waals surface area contributed by atoms with E-state index in [0.717, 1.165) is 55.0 Å². The molecule has 0 aliphatic heterocycles. The maximum Gasteiger partial charge on any atom is 0.165 e. The number of hydrogen-bond acceptors (Lipinski definition) is 4. The highest BCUT2D eigenvalue weighted by Gasteiger charge is 2.21. The molecule has 0 amide bonds. The molecule has 144 valence electrons. The first-order chi connectivity index (χ1) is 13.1. The van der Waals surface area contributed by atoms with Gasteiger partial charge in [0.25, 0.3) is 0 Å². The monoisotopic (exact) mass is 386 g/mol. The van der Waals surface area contributed by atoms with Gasteiger partial charge in [-0.1, -0.05) is 32.4 Å². The Kier molecular flexibility index (Phi) is 6.22. The number of aromatic nitrogens is 3. The Morgan fingerprint density at radius 1 is 1.15 bits per heavy atom. The quantitative estimate of drug-likeness (QED) is 0.530. The molecule has 0 fully saturated rings. The predicted molar refractivity (Wildman–Crippen MR) is 112 cm³/mol. The fraction of sp³-hybridized carbons (Fsp3) is 0.429. The van der Waals surface area contributed by atoms with Crippen LogP contribution in [0.3, 0.4) is 0 Å². The molecule has 0 N–H and O–H groups in total. The standard InChI is InChI=1S/C21H27ClN4O/c1-5-11-25(12-6-2)21-17(7-3)24-20-19(23-10-13-26(20)21)16-9-8-15(22)14-18(16)27-4/h8-10,13-14H,5-7,11-12H2,1-4H3. The Labute approximate surface area is 166 Å². The summed E-state index contributed by atoms with van der Waals surface area (Å²) >= 11 is 6.14. The largest absolute Gasteiger partial charge is 0.496 e. The number of aryl methyl sites for hydroxylation is 1. The maximum absolute atomic E-state index is 6.14. The van der Waals surface area contributed by atoms with Crippen molar-refractivity contribution in [3.8, 4) is 17.0 Å². The van der Waals surface area contributed by atoms with Crippen LogP contribution in [-0.2, 0) is 6.42 Å². The third-order valence-corrected chi connectivity index (χ3v) is 4.86. The normalized spacial score (nSPS) is 11.1. The van der Waals surface area contributed by atoms with Gasteiger partial charge in [-0.2, -0.15) is 0 Å². The van der Waals surface area contributed by atoms with Crippen molar-refractivity contribution in [2.75, 3.05) is 25.1 Å². The molecule has 3 rings (SSSR count). The zero-order valence-corrected chi connectivity index (χ0v) is 17.3. The summed E-state index contributed by atoms with van der Waals surface area (Å²) in [7, 11) is 1.65. The second-order valence-corrected chi connectivity index (χ2v) is 6.97. The van der Waals surface area contributed by atoms with Crippen molar-refractivity contribution in [1.29, 1.82) is 0 Å². The molecule has 0 atom stereocenters. The van der Waals surface area contributed by atoms with Crippen LogP contribution in [-0.4, -0.2) is 34.6 Å². The number of fused-ring (bicyclic) bond motifs is 1. The van der Waals surface area contributed by atoms with Crippen LogP contribution >= 0.6 is 11.6 Å². The van der Waals surface area contributed by atoms with E-state index in [-0.39, 0.29) is 0 Å². The average molecular weight is 387 g/mol. The summed E-state index contributed by atoms with van der Waals surface area (Å²) in [6.45, 7) is 8.59. The van der Waals surface area contributed by atoms with Crippen molar-refractivity contribution in [1.82, 2.24) is 14.4 Å². The highest BCUT2D eigenvalue weighted by Crippen LogP contribution is 2.35. The lowest BCUT2D eigenvalue weighted by atomic mass is 10.1. The van der Waals surface area contributed by atoms with Gasteiger partial charge in [-0.3, -0.25) is 9.38 Å². The van der Waals surface area contributed by atoms with Crippen molar-refractivity contribution in [2.45, 2.75) is 40.0 Å². The second kappa shape index (κ2) is 8.61. The van der Waals surface area contributed by atoms with Crippen molar-refractivity contribution >= 4 is 23.1 Å². The molecule has 2 aromatic heterocycles. The molecule has 0 aliphatic rings. The minimum atomic E-state index is 0.637. The van der Waals surface area contributed by atoms with Gasteiger partial charge in [0.2, 0.25) is 0 Å². The highest BCUT2D eigenvalue weighted by molar-refractivity contribution is 6.30. The molecule has 0 unspecified atom stereocenters. The highest BCUT2D eigenvalue weighted by atomic mass is 35.5. The number of methoxy groups -OCH3 is 1. The minimum Gasteiger partial charge on any atom is -0.496 e. The topological polar surface area (TPSA) is 42.7 Å². The van der Waals surface area contributed by atoms with E-state index in [4.69, 9.17) is 21.3 Å². The van der Waals surface area contributed by atoms with Crippen LogP contribution in [0.4, 0.5) is 5.82 Å². The Hall–Kier alpha value is -2.27. The third kappa shape index (κ3) is 3.74. The van der Waals surface area contributed by atoms with Crippen LogP contribution < -0.4 is 9.64 Å². The fourth-order valence-electron chi connectivity index (χ4n) is 3.50. The summed E-state index contributed by atoms with van der Waals surface area (Å²) in [5.41, 5.74) is 3.64. The Morgan fingerprint density at radius 3 is 2.52 bits per heavy atom. The number of benzene rings is 1. The summed E-state index contributed by atoms with van der Waals surface area (Å²) < 4.78 is 7.71. The van der Waals surface area contributed by atoms with E-state index in [2.05, 4.69) is 35.1 Å². The smallest absolute Gasteiger partial charge is 0.165 e. The van der Waals surface area contributed by atoms with Crippen LogP contribution in [0, 0.1) is 0 Å². The van der Waals surface area contributed by atoms with Crippen LogP contribution in [0.25, 0.3) is 16.9 Å². The molecule has 27 heavy (non-hydrogen) atoms. The van der Waals surface area contributed by atoms with Gasteiger partial charge < -0.3 is 9.64 Å². The molecule has 0 bridgehead atoms. The molecular weight excluding hydrogens is 360 g/mol. The summed E-state index contributed by atoms with van der Waals surface area (Å²) in [6.07, 6.45) is 6.90. The van der Waals surface area contributed by atoms with Crippen molar-refractivity contribution in [3.63, 3.8) is 0 Å². The molecule has 2 heterocycles. The van der Waals surface area contributed by atoms with E-state index >= 15 is 0 Å². The molecule has 0 radical (unpaired) electrons. The number of halogens is 1. The van der Waals surface area contributed by atoms with E-state index < -0.39 is 0 Å². The van der Waals surface area contributed by atoms with Gasteiger partial charge in [-0.15, -0.1) is 0 Å². The number of ether oxygens (including phenoxy) is 1. The lowest BCUT2D eigenvalue weighted by molar-refractivity contribution is 0.416. The maximum atomic E-state index is 6.14. The van der Waals surface area contributed by atoms with E-state index in [0.29, 0.717) is 10.8 Å².